The molecule has 1 atom stereocenters. The second-order valence-electron chi connectivity index (χ2n) is 2.85. The van der Waals surface area contributed by atoms with Crippen molar-refractivity contribution in [2.45, 2.75) is 13.0 Å². The number of carbonyl (C=O) groups excluding carboxylic acids is 1. The summed E-state index contributed by atoms with van der Waals surface area (Å²) in [5.41, 5.74) is 0.579. The maximum Gasteiger partial charge on any atom is 0.303 e. The molecule has 0 spiro atoms. The zero-order valence-electron chi connectivity index (χ0n) is 7.87. The van der Waals surface area contributed by atoms with Gasteiger partial charge in [0.2, 0.25) is 0 Å². The Bertz CT molecular complexity index is 332. The first kappa shape index (κ1) is 10.4. The van der Waals surface area contributed by atoms with Crippen molar-refractivity contribution in [2.75, 3.05) is 0 Å². The van der Waals surface area contributed by atoms with Crippen molar-refractivity contribution in [3.63, 3.8) is 0 Å². The fourth-order valence-corrected chi connectivity index (χ4v) is 1.11. The number of ether oxygens (including phenoxy) is 1. The third-order valence-corrected chi connectivity index (χ3v) is 1.67. The summed E-state index contributed by atoms with van der Waals surface area (Å²) in [7, 11) is 0. The van der Waals surface area contributed by atoms with Gasteiger partial charge in [-0.25, -0.2) is 4.39 Å². The molecular formula is C11H11FO2. The average molecular weight is 194 g/mol. The van der Waals surface area contributed by atoms with Crippen LogP contribution in [0.2, 0.25) is 0 Å². The van der Waals surface area contributed by atoms with Crippen molar-refractivity contribution >= 4 is 5.97 Å². The molecule has 3 heteroatoms. The Labute approximate surface area is 82.0 Å². The largest absolute Gasteiger partial charge is 0.450 e. The van der Waals surface area contributed by atoms with E-state index in [1.165, 1.54) is 6.92 Å². The molecule has 0 saturated heterocycles. The molecule has 0 aliphatic carbocycles. The number of carbonyl (C=O) groups is 1. The van der Waals surface area contributed by atoms with Gasteiger partial charge < -0.3 is 4.74 Å². The molecule has 0 heterocycles. The van der Waals surface area contributed by atoms with Crippen LogP contribution in [-0.2, 0) is 9.53 Å². The van der Waals surface area contributed by atoms with E-state index in [1.807, 2.05) is 0 Å². The lowest BCUT2D eigenvalue weighted by Crippen LogP contribution is -2.08. The Morgan fingerprint density at radius 1 is 1.43 bits per heavy atom. The van der Waals surface area contributed by atoms with Crippen LogP contribution < -0.4 is 0 Å². The number of hydrogen-bond acceptors (Lipinski definition) is 2. The minimum atomic E-state index is -0.992. The molecule has 0 amide bonds. The first-order valence-corrected chi connectivity index (χ1v) is 4.17. The van der Waals surface area contributed by atoms with Crippen molar-refractivity contribution in [1.29, 1.82) is 0 Å². The van der Waals surface area contributed by atoms with Crippen molar-refractivity contribution in [3.05, 3.63) is 48.3 Å². The van der Waals surface area contributed by atoms with Gasteiger partial charge in [0.25, 0.3) is 0 Å². The summed E-state index contributed by atoms with van der Waals surface area (Å²) in [5.74, 6) is -1.20. The second-order valence-corrected chi connectivity index (χ2v) is 2.85. The van der Waals surface area contributed by atoms with Gasteiger partial charge in [0.15, 0.2) is 6.10 Å². The Hall–Kier alpha value is -1.64. The highest BCUT2D eigenvalue weighted by Crippen LogP contribution is 2.25. The van der Waals surface area contributed by atoms with Gasteiger partial charge in [-0.3, -0.25) is 4.79 Å². The summed E-state index contributed by atoms with van der Waals surface area (Å²) in [6.07, 6.45) is -0.992. The van der Waals surface area contributed by atoms with Gasteiger partial charge in [0.05, 0.1) is 0 Å². The summed E-state index contributed by atoms with van der Waals surface area (Å²) in [4.78, 5) is 10.7. The number of benzene rings is 1. The van der Waals surface area contributed by atoms with Gasteiger partial charge in [-0.1, -0.05) is 36.9 Å². The summed E-state index contributed by atoms with van der Waals surface area (Å²) >= 11 is 0. The third-order valence-electron chi connectivity index (χ3n) is 1.67. The predicted octanol–water partition coefficient (Wildman–Crippen LogP) is 2.77. The maximum absolute atomic E-state index is 12.9. The lowest BCUT2D eigenvalue weighted by atomic mass is 10.1. The molecular weight excluding hydrogens is 183 g/mol. The van der Waals surface area contributed by atoms with E-state index < -0.39 is 17.9 Å². The molecule has 0 aromatic heterocycles. The van der Waals surface area contributed by atoms with Crippen LogP contribution in [0.3, 0.4) is 0 Å². The fraction of sp³-hybridized carbons (Fsp3) is 0.182. The normalized spacial score (nSPS) is 11.9. The van der Waals surface area contributed by atoms with Gasteiger partial charge in [-0.05, 0) is 5.56 Å². The number of esters is 1. The van der Waals surface area contributed by atoms with Crippen LogP contribution in [0.5, 0.6) is 0 Å². The van der Waals surface area contributed by atoms with Crippen molar-refractivity contribution in [1.82, 2.24) is 0 Å². The van der Waals surface area contributed by atoms with Crippen LogP contribution in [0.4, 0.5) is 4.39 Å². The molecule has 0 saturated carbocycles. The lowest BCUT2D eigenvalue weighted by Gasteiger charge is -2.14. The van der Waals surface area contributed by atoms with Crippen LogP contribution in [0.1, 0.15) is 18.6 Å². The summed E-state index contributed by atoms with van der Waals surface area (Å²) < 4.78 is 17.7. The number of rotatable bonds is 3. The summed E-state index contributed by atoms with van der Waals surface area (Å²) in [6.45, 7) is 4.38. The van der Waals surface area contributed by atoms with Gasteiger partial charge in [0, 0.05) is 6.92 Å². The molecule has 0 radical (unpaired) electrons. The molecule has 74 valence electrons. The first-order valence-electron chi connectivity index (χ1n) is 4.17. The highest BCUT2D eigenvalue weighted by molar-refractivity contribution is 5.66. The highest BCUT2D eigenvalue weighted by Gasteiger charge is 2.17. The van der Waals surface area contributed by atoms with Crippen molar-refractivity contribution in [3.8, 4) is 0 Å². The molecule has 0 fully saturated rings. The molecule has 1 aromatic rings. The predicted molar refractivity (Wildman–Crippen MR) is 51.2 cm³/mol. The molecule has 0 aliphatic rings. The maximum atomic E-state index is 12.9. The topological polar surface area (TPSA) is 26.3 Å². The third kappa shape index (κ3) is 2.69. The van der Waals surface area contributed by atoms with Gasteiger partial charge >= 0.3 is 5.97 Å². The zero-order valence-corrected chi connectivity index (χ0v) is 7.87. The van der Waals surface area contributed by atoms with Crippen molar-refractivity contribution < 1.29 is 13.9 Å². The Kier molecular flexibility index (Phi) is 3.40. The molecule has 1 rings (SSSR count). The molecule has 0 N–H and O–H groups in total. The Morgan fingerprint density at radius 3 is 2.43 bits per heavy atom. The summed E-state index contributed by atoms with van der Waals surface area (Å²) in [5, 5.41) is 0. The quantitative estimate of drug-likeness (QED) is 0.691. The molecule has 14 heavy (non-hydrogen) atoms. The minimum absolute atomic E-state index is 0.530. The van der Waals surface area contributed by atoms with Crippen LogP contribution >= 0.6 is 0 Å². The molecule has 1 unspecified atom stereocenters. The van der Waals surface area contributed by atoms with Crippen LogP contribution in [0.15, 0.2) is 42.7 Å². The van der Waals surface area contributed by atoms with Crippen molar-refractivity contribution in [2.24, 2.45) is 0 Å². The molecule has 2 nitrogen and oxygen atoms in total. The van der Waals surface area contributed by atoms with Crippen LogP contribution in [-0.4, -0.2) is 5.97 Å². The Morgan fingerprint density at radius 2 is 2.00 bits per heavy atom. The first-order chi connectivity index (χ1) is 6.61. The van der Waals surface area contributed by atoms with Gasteiger partial charge in [-0.2, -0.15) is 0 Å². The highest BCUT2D eigenvalue weighted by atomic mass is 19.1. The Balaban J connectivity index is 2.89. The van der Waals surface area contributed by atoms with E-state index in [1.54, 1.807) is 30.3 Å². The zero-order chi connectivity index (χ0) is 10.6. The smallest absolute Gasteiger partial charge is 0.303 e. The monoisotopic (exact) mass is 194 g/mol. The number of hydrogen-bond donors (Lipinski definition) is 0. The SMILES string of the molecule is C=C(F)C(OC(C)=O)c1ccccc1. The lowest BCUT2D eigenvalue weighted by molar-refractivity contribution is -0.145. The molecule has 1 aromatic carbocycles. The van der Waals surface area contributed by atoms with E-state index >= 15 is 0 Å². The fourth-order valence-electron chi connectivity index (χ4n) is 1.11. The molecule has 0 aliphatic heterocycles. The van der Waals surface area contributed by atoms with E-state index in [9.17, 15) is 9.18 Å². The summed E-state index contributed by atoms with van der Waals surface area (Å²) in [6, 6.07) is 8.65. The number of halogens is 1. The van der Waals surface area contributed by atoms with E-state index in [0.29, 0.717) is 5.56 Å². The molecule has 0 bridgehead atoms. The van der Waals surface area contributed by atoms with Gasteiger partial charge in [0.1, 0.15) is 5.83 Å². The second kappa shape index (κ2) is 4.56. The van der Waals surface area contributed by atoms with Gasteiger partial charge in [-0.15, -0.1) is 0 Å². The van der Waals surface area contributed by atoms with E-state index in [2.05, 4.69) is 6.58 Å². The van der Waals surface area contributed by atoms with E-state index in [4.69, 9.17) is 4.74 Å². The van der Waals surface area contributed by atoms with E-state index in [-0.39, 0.29) is 0 Å². The standard InChI is InChI=1S/C11H11FO2/c1-8(12)11(14-9(2)13)10-6-4-3-5-7-10/h3-7,11H,1H2,2H3. The minimum Gasteiger partial charge on any atom is -0.450 e. The average Bonchev–Trinajstić information content (AvgIpc) is 2.15. The van der Waals surface area contributed by atoms with E-state index in [0.717, 1.165) is 0 Å². The van der Waals surface area contributed by atoms with Crippen LogP contribution in [0, 0.1) is 0 Å². The van der Waals surface area contributed by atoms with Crippen LogP contribution in [0.25, 0.3) is 0 Å².